The number of benzene rings is 2. The van der Waals surface area contributed by atoms with Gasteiger partial charge in [0.25, 0.3) is 0 Å². The molecule has 0 aromatic heterocycles. The predicted octanol–water partition coefficient (Wildman–Crippen LogP) is 5.28. The highest BCUT2D eigenvalue weighted by molar-refractivity contribution is 9.10. The molecular formula is C14H10Br2ClFO. The van der Waals surface area contributed by atoms with Crippen molar-refractivity contribution in [1.82, 2.24) is 0 Å². The van der Waals surface area contributed by atoms with Gasteiger partial charge in [0.05, 0.1) is 6.10 Å². The van der Waals surface area contributed by atoms with Crippen LogP contribution in [0.2, 0.25) is 5.02 Å². The minimum Gasteiger partial charge on any atom is -0.388 e. The lowest BCUT2D eigenvalue weighted by Gasteiger charge is -2.14. The van der Waals surface area contributed by atoms with Gasteiger partial charge in [-0.1, -0.05) is 43.5 Å². The molecule has 2 aromatic rings. The zero-order chi connectivity index (χ0) is 14.0. The molecule has 0 aliphatic heterocycles. The van der Waals surface area contributed by atoms with Crippen LogP contribution in [-0.2, 0) is 6.42 Å². The lowest BCUT2D eigenvalue weighted by atomic mass is 10.0. The Morgan fingerprint density at radius 3 is 2.53 bits per heavy atom. The highest BCUT2D eigenvalue weighted by Gasteiger charge is 2.14. The number of hydrogen-bond acceptors (Lipinski definition) is 1. The average molecular weight is 408 g/mol. The Kier molecular flexibility index (Phi) is 5.01. The Hall–Kier alpha value is -0.420. The standard InChI is InChI=1S/C14H10Br2ClFO/c15-12-4-2-10(18)5-8(12)6-14(19)11-7-9(17)1-3-13(11)16/h1-5,7,14,19H,6H2. The predicted molar refractivity (Wildman–Crippen MR) is 81.9 cm³/mol. The van der Waals surface area contributed by atoms with Gasteiger partial charge < -0.3 is 5.11 Å². The second-order valence-corrected chi connectivity index (χ2v) is 6.27. The van der Waals surface area contributed by atoms with E-state index in [4.69, 9.17) is 11.6 Å². The van der Waals surface area contributed by atoms with Crippen LogP contribution in [0.25, 0.3) is 0 Å². The van der Waals surface area contributed by atoms with Crippen molar-refractivity contribution in [3.63, 3.8) is 0 Å². The van der Waals surface area contributed by atoms with Crippen molar-refractivity contribution in [2.75, 3.05) is 0 Å². The summed E-state index contributed by atoms with van der Waals surface area (Å²) in [6.45, 7) is 0. The quantitative estimate of drug-likeness (QED) is 0.733. The van der Waals surface area contributed by atoms with E-state index in [1.165, 1.54) is 12.1 Å². The Morgan fingerprint density at radius 1 is 1.11 bits per heavy atom. The maximum atomic E-state index is 13.2. The van der Waals surface area contributed by atoms with Crippen LogP contribution in [0.15, 0.2) is 45.3 Å². The fourth-order valence-corrected chi connectivity index (χ4v) is 2.89. The van der Waals surface area contributed by atoms with Crippen molar-refractivity contribution in [1.29, 1.82) is 0 Å². The zero-order valence-electron chi connectivity index (χ0n) is 9.71. The van der Waals surface area contributed by atoms with Gasteiger partial charge in [-0.25, -0.2) is 4.39 Å². The summed E-state index contributed by atoms with van der Waals surface area (Å²) < 4.78 is 14.8. The molecule has 2 rings (SSSR count). The van der Waals surface area contributed by atoms with E-state index in [1.807, 2.05) is 0 Å². The SMILES string of the molecule is OC(Cc1cc(F)ccc1Br)c1cc(Cl)ccc1Br. The second-order valence-electron chi connectivity index (χ2n) is 4.12. The minimum atomic E-state index is -0.758. The first-order valence-corrected chi connectivity index (χ1v) is 7.50. The third-order valence-corrected chi connectivity index (χ3v) is 4.47. The van der Waals surface area contributed by atoms with Crippen molar-refractivity contribution in [3.8, 4) is 0 Å². The third kappa shape index (κ3) is 3.78. The topological polar surface area (TPSA) is 20.2 Å². The van der Waals surface area contributed by atoms with Gasteiger partial charge in [-0.2, -0.15) is 0 Å². The lowest BCUT2D eigenvalue weighted by Crippen LogP contribution is -2.04. The lowest BCUT2D eigenvalue weighted by molar-refractivity contribution is 0.177. The molecule has 0 radical (unpaired) electrons. The molecule has 0 fully saturated rings. The molecule has 1 atom stereocenters. The van der Waals surface area contributed by atoms with Gasteiger partial charge in [-0.05, 0) is 47.5 Å². The van der Waals surface area contributed by atoms with Crippen molar-refractivity contribution in [3.05, 3.63) is 67.3 Å². The van der Waals surface area contributed by atoms with Crippen molar-refractivity contribution < 1.29 is 9.50 Å². The van der Waals surface area contributed by atoms with Gasteiger partial charge in [0, 0.05) is 20.4 Å². The van der Waals surface area contributed by atoms with E-state index >= 15 is 0 Å². The molecule has 0 heterocycles. The van der Waals surface area contributed by atoms with Gasteiger partial charge in [0.1, 0.15) is 5.82 Å². The molecule has 1 unspecified atom stereocenters. The summed E-state index contributed by atoms with van der Waals surface area (Å²) in [5.74, 6) is -0.324. The first-order valence-electron chi connectivity index (χ1n) is 5.54. The van der Waals surface area contributed by atoms with E-state index in [9.17, 15) is 9.50 Å². The second kappa shape index (κ2) is 6.35. The summed E-state index contributed by atoms with van der Waals surface area (Å²) in [5.41, 5.74) is 1.39. The van der Waals surface area contributed by atoms with Crippen LogP contribution >= 0.6 is 43.5 Å². The van der Waals surface area contributed by atoms with E-state index in [2.05, 4.69) is 31.9 Å². The van der Waals surface area contributed by atoms with Gasteiger partial charge in [0.2, 0.25) is 0 Å². The highest BCUT2D eigenvalue weighted by Crippen LogP contribution is 2.30. The fraction of sp³-hybridized carbons (Fsp3) is 0.143. The molecule has 0 saturated carbocycles. The summed E-state index contributed by atoms with van der Waals surface area (Å²) in [4.78, 5) is 0. The van der Waals surface area contributed by atoms with Crippen molar-refractivity contribution >= 4 is 43.5 Å². The summed E-state index contributed by atoms with van der Waals surface area (Å²) >= 11 is 12.6. The summed E-state index contributed by atoms with van der Waals surface area (Å²) in [6, 6.07) is 9.62. The average Bonchev–Trinajstić information content (AvgIpc) is 2.36. The Labute approximate surface area is 132 Å². The van der Waals surface area contributed by atoms with E-state index in [-0.39, 0.29) is 5.82 Å². The summed E-state index contributed by atoms with van der Waals surface area (Å²) in [6.07, 6.45) is -0.455. The monoisotopic (exact) mass is 406 g/mol. The van der Waals surface area contributed by atoms with Crippen LogP contribution in [0.5, 0.6) is 0 Å². The molecule has 5 heteroatoms. The summed E-state index contributed by atoms with van der Waals surface area (Å²) in [7, 11) is 0. The maximum Gasteiger partial charge on any atom is 0.123 e. The number of aliphatic hydroxyl groups excluding tert-OH is 1. The molecule has 0 saturated heterocycles. The molecule has 0 aliphatic rings. The highest BCUT2D eigenvalue weighted by atomic mass is 79.9. The van der Waals surface area contributed by atoms with Crippen LogP contribution in [0.4, 0.5) is 4.39 Å². The van der Waals surface area contributed by atoms with Crippen LogP contribution in [0.3, 0.4) is 0 Å². The van der Waals surface area contributed by atoms with Crippen molar-refractivity contribution in [2.24, 2.45) is 0 Å². The first kappa shape index (κ1) is 15.0. The van der Waals surface area contributed by atoms with E-state index in [0.717, 1.165) is 8.95 Å². The van der Waals surface area contributed by atoms with Gasteiger partial charge in [-0.15, -0.1) is 0 Å². The molecule has 1 N–H and O–H groups in total. The van der Waals surface area contributed by atoms with Crippen LogP contribution < -0.4 is 0 Å². The van der Waals surface area contributed by atoms with Crippen LogP contribution in [0, 0.1) is 5.82 Å². The van der Waals surface area contributed by atoms with Gasteiger partial charge in [-0.3, -0.25) is 0 Å². The van der Waals surface area contributed by atoms with E-state index in [1.54, 1.807) is 24.3 Å². The molecule has 100 valence electrons. The molecule has 19 heavy (non-hydrogen) atoms. The molecule has 0 bridgehead atoms. The molecule has 0 aliphatic carbocycles. The smallest absolute Gasteiger partial charge is 0.123 e. The van der Waals surface area contributed by atoms with Crippen molar-refractivity contribution in [2.45, 2.75) is 12.5 Å². The van der Waals surface area contributed by atoms with E-state index < -0.39 is 6.10 Å². The van der Waals surface area contributed by atoms with Crippen LogP contribution in [-0.4, -0.2) is 5.11 Å². The number of rotatable bonds is 3. The zero-order valence-corrected chi connectivity index (χ0v) is 13.6. The minimum absolute atomic E-state index is 0.303. The number of aliphatic hydroxyl groups is 1. The Bertz CT molecular complexity index is 604. The molecule has 0 amide bonds. The molecule has 1 nitrogen and oxygen atoms in total. The van der Waals surface area contributed by atoms with E-state index in [0.29, 0.717) is 22.6 Å². The molecule has 0 spiro atoms. The van der Waals surface area contributed by atoms with Gasteiger partial charge in [0.15, 0.2) is 0 Å². The normalized spacial score (nSPS) is 12.5. The van der Waals surface area contributed by atoms with Crippen LogP contribution in [0.1, 0.15) is 17.2 Å². The third-order valence-electron chi connectivity index (χ3n) is 2.74. The summed E-state index contributed by atoms with van der Waals surface area (Å²) in [5, 5.41) is 10.8. The van der Waals surface area contributed by atoms with Gasteiger partial charge >= 0.3 is 0 Å². The largest absolute Gasteiger partial charge is 0.388 e. The number of hydrogen-bond donors (Lipinski definition) is 1. The first-order chi connectivity index (χ1) is 8.97. The fourth-order valence-electron chi connectivity index (χ4n) is 1.79. The Balaban J connectivity index is 2.27. The Morgan fingerprint density at radius 2 is 1.79 bits per heavy atom. The molecule has 2 aromatic carbocycles. The number of halogens is 4. The maximum absolute atomic E-state index is 13.2. The molecular weight excluding hydrogens is 398 g/mol.